The van der Waals surface area contributed by atoms with Gasteiger partial charge < -0.3 is 15.2 Å². The molecule has 1 aliphatic heterocycles. The minimum absolute atomic E-state index is 0.0191. The molecule has 1 fully saturated rings. The van der Waals surface area contributed by atoms with Crippen molar-refractivity contribution in [3.05, 3.63) is 41.7 Å². The summed E-state index contributed by atoms with van der Waals surface area (Å²) in [5.74, 6) is 1.57. The normalized spacial score (nSPS) is 25.0. The fourth-order valence-electron chi connectivity index (χ4n) is 5.77. The van der Waals surface area contributed by atoms with Crippen LogP contribution in [0.3, 0.4) is 0 Å². The van der Waals surface area contributed by atoms with Gasteiger partial charge in [-0.25, -0.2) is 4.98 Å². The lowest BCUT2D eigenvalue weighted by molar-refractivity contribution is 0.0724. The highest BCUT2D eigenvalue weighted by Crippen LogP contribution is 2.48. The minimum atomic E-state index is -0.0367. The molecule has 1 aromatic carbocycles. The lowest BCUT2D eigenvalue weighted by Gasteiger charge is -2.43. The van der Waals surface area contributed by atoms with Gasteiger partial charge in [0.1, 0.15) is 5.82 Å². The molecular weight excluding hydrogens is 372 g/mol. The fourth-order valence-corrected chi connectivity index (χ4v) is 5.77. The number of amides is 1. The summed E-state index contributed by atoms with van der Waals surface area (Å²) in [5, 5.41) is 6.86. The number of carbonyl (C=O) groups excluding carboxylic acids is 1. The smallest absolute Gasteiger partial charge is 0.272 e. The molecule has 3 atom stereocenters. The number of nitrogens with zero attached hydrogens (tertiary/aromatic N) is 2. The Morgan fingerprint density at radius 3 is 2.67 bits per heavy atom. The van der Waals surface area contributed by atoms with Crippen LogP contribution < -0.4 is 10.6 Å². The molecule has 0 bridgehead atoms. The van der Waals surface area contributed by atoms with Gasteiger partial charge in [-0.2, -0.15) is 0 Å². The molecule has 0 saturated heterocycles. The van der Waals surface area contributed by atoms with Crippen molar-refractivity contribution in [3.63, 3.8) is 0 Å². The molecule has 1 amide bonds. The third-order valence-corrected chi connectivity index (χ3v) is 6.99. The molecule has 5 nitrogen and oxygen atoms in total. The van der Waals surface area contributed by atoms with Gasteiger partial charge in [0.25, 0.3) is 5.91 Å². The van der Waals surface area contributed by atoms with E-state index in [-0.39, 0.29) is 22.8 Å². The van der Waals surface area contributed by atoms with E-state index in [1.54, 1.807) is 0 Å². The summed E-state index contributed by atoms with van der Waals surface area (Å²) in [4.78, 5) is 18.5. The minimum Gasteiger partial charge on any atom is -0.347 e. The van der Waals surface area contributed by atoms with E-state index >= 15 is 0 Å². The SMILES string of the molecule is CC1CCC(C)(C(NC(=O)c2nc(-c3ccccc3)n3c2CNCC3)C(C)(C)C)C1. The van der Waals surface area contributed by atoms with Crippen LogP contribution in [0.4, 0.5) is 0 Å². The van der Waals surface area contributed by atoms with Crippen molar-refractivity contribution >= 4 is 5.91 Å². The summed E-state index contributed by atoms with van der Waals surface area (Å²) >= 11 is 0. The Labute approximate surface area is 180 Å². The maximum atomic E-state index is 13.6. The standard InChI is InChI=1S/C25H36N4O/c1-17-11-12-25(5,15-17)23(24(2,3)4)28-22(30)20-19-16-26-13-14-29(19)21(27-20)18-9-7-6-8-10-18/h6-10,17,23,26H,11-16H2,1-5H3,(H,28,30). The molecule has 162 valence electrons. The first kappa shape index (κ1) is 21.1. The Morgan fingerprint density at radius 1 is 1.30 bits per heavy atom. The van der Waals surface area contributed by atoms with E-state index in [4.69, 9.17) is 4.98 Å². The molecule has 2 N–H and O–H groups in total. The number of imidazole rings is 1. The van der Waals surface area contributed by atoms with E-state index in [9.17, 15) is 4.79 Å². The van der Waals surface area contributed by atoms with Gasteiger partial charge in [-0.3, -0.25) is 4.79 Å². The monoisotopic (exact) mass is 408 g/mol. The molecule has 3 unspecified atom stereocenters. The summed E-state index contributed by atoms with van der Waals surface area (Å²) < 4.78 is 2.21. The molecule has 2 aliphatic rings. The van der Waals surface area contributed by atoms with E-state index < -0.39 is 0 Å². The first-order chi connectivity index (χ1) is 14.2. The van der Waals surface area contributed by atoms with Crippen LogP contribution in [0.25, 0.3) is 11.4 Å². The summed E-state index contributed by atoms with van der Waals surface area (Å²) in [6.07, 6.45) is 3.56. The number of hydrogen-bond acceptors (Lipinski definition) is 3. The van der Waals surface area contributed by atoms with Gasteiger partial charge in [-0.05, 0) is 29.6 Å². The molecule has 2 aromatic rings. The molecule has 5 heteroatoms. The molecule has 4 rings (SSSR count). The van der Waals surface area contributed by atoms with Crippen LogP contribution in [0.2, 0.25) is 0 Å². The van der Waals surface area contributed by atoms with Gasteiger partial charge in [0, 0.05) is 31.2 Å². The molecule has 30 heavy (non-hydrogen) atoms. The quantitative estimate of drug-likeness (QED) is 0.776. The topological polar surface area (TPSA) is 59.0 Å². The van der Waals surface area contributed by atoms with Crippen LogP contribution in [0.15, 0.2) is 30.3 Å². The summed E-state index contributed by atoms with van der Waals surface area (Å²) in [7, 11) is 0. The van der Waals surface area contributed by atoms with Crippen molar-refractivity contribution in [3.8, 4) is 11.4 Å². The Balaban J connectivity index is 1.68. The number of hydrogen-bond donors (Lipinski definition) is 2. The number of rotatable bonds is 4. The van der Waals surface area contributed by atoms with E-state index in [0.29, 0.717) is 18.2 Å². The summed E-state index contributed by atoms with van der Waals surface area (Å²) in [6, 6.07) is 10.3. The lowest BCUT2D eigenvalue weighted by atomic mass is 9.68. The van der Waals surface area contributed by atoms with Crippen LogP contribution >= 0.6 is 0 Å². The molecule has 1 aromatic heterocycles. The van der Waals surface area contributed by atoms with Gasteiger partial charge in [0.15, 0.2) is 5.69 Å². The van der Waals surface area contributed by atoms with Crippen LogP contribution in [0, 0.1) is 16.7 Å². The van der Waals surface area contributed by atoms with Crippen LogP contribution in [-0.2, 0) is 13.1 Å². The number of nitrogens with one attached hydrogen (secondary N) is 2. The van der Waals surface area contributed by atoms with Crippen molar-refractivity contribution in [1.82, 2.24) is 20.2 Å². The van der Waals surface area contributed by atoms with Crippen molar-refractivity contribution in [2.24, 2.45) is 16.7 Å². The highest BCUT2D eigenvalue weighted by Gasteiger charge is 2.46. The molecule has 1 aliphatic carbocycles. The molecule has 0 spiro atoms. The second-order valence-corrected chi connectivity index (χ2v) is 10.7. The zero-order valence-electron chi connectivity index (χ0n) is 19.1. The zero-order chi connectivity index (χ0) is 21.5. The van der Waals surface area contributed by atoms with Crippen molar-refractivity contribution in [2.75, 3.05) is 6.54 Å². The van der Waals surface area contributed by atoms with Crippen molar-refractivity contribution in [2.45, 2.75) is 73.0 Å². The Bertz CT molecular complexity index is 911. The zero-order valence-corrected chi connectivity index (χ0v) is 19.1. The second-order valence-electron chi connectivity index (χ2n) is 10.7. The van der Waals surface area contributed by atoms with Crippen LogP contribution in [0.1, 0.15) is 70.1 Å². The summed E-state index contributed by atoms with van der Waals surface area (Å²) in [5.41, 5.74) is 2.73. The first-order valence-corrected chi connectivity index (χ1v) is 11.4. The largest absolute Gasteiger partial charge is 0.347 e. The lowest BCUT2D eigenvalue weighted by Crippen LogP contribution is -2.53. The molecule has 2 heterocycles. The predicted octanol–water partition coefficient (Wildman–Crippen LogP) is 4.62. The third-order valence-electron chi connectivity index (χ3n) is 6.99. The van der Waals surface area contributed by atoms with E-state index in [1.165, 1.54) is 6.42 Å². The highest BCUT2D eigenvalue weighted by atomic mass is 16.2. The number of fused-ring (bicyclic) bond motifs is 1. The molecular formula is C25H36N4O. The van der Waals surface area contributed by atoms with Crippen LogP contribution in [0.5, 0.6) is 0 Å². The molecule has 1 saturated carbocycles. The van der Waals surface area contributed by atoms with E-state index in [0.717, 1.165) is 43.0 Å². The second kappa shape index (κ2) is 7.84. The van der Waals surface area contributed by atoms with Gasteiger partial charge >= 0.3 is 0 Å². The fraction of sp³-hybridized carbons (Fsp3) is 0.600. The average molecular weight is 409 g/mol. The first-order valence-electron chi connectivity index (χ1n) is 11.4. The number of aromatic nitrogens is 2. The van der Waals surface area contributed by atoms with Gasteiger partial charge in [-0.1, -0.05) is 71.4 Å². The maximum Gasteiger partial charge on any atom is 0.272 e. The van der Waals surface area contributed by atoms with Gasteiger partial charge in [0.2, 0.25) is 0 Å². The van der Waals surface area contributed by atoms with E-state index in [2.05, 4.69) is 62.0 Å². The van der Waals surface area contributed by atoms with Gasteiger partial charge in [-0.15, -0.1) is 0 Å². The third kappa shape index (κ3) is 3.92. The van der Waals surface area contributed by atoms with Crippen LogP contribution in [-0.4, -0.2) is 28.0 Å². The van der Waals surface area contributed by atoms with Crippen molar-refractivity contribution < 1.29 is 4.79 Å². The summed E-state index contributed by atoms with van der Waals surface area (Å²) in [6.45, 7) is 13.8. The van der Waals surface area contributed by atoms with Gasteiger partial charge in [0.05, 0.1) is 5.69 Å². The van der Waals surface area contributed by atoms with Crippen molar-refractivity contribution in [1.29, 1.82) is 0 Å². The highest BCUT2D eigenvalue weighted by molar-refractivity contribution is 5.94. The maximum absolute atomic E-state index is 13.6. The predicted molar refractivity (Wildman–Crippen MR) is 121 cm³/mol. The Kier molecular flexibility index (Phi) is 5.52. The number of carbonyl (C=O) groups is 1. The molecule has 0 radical (unpaired) electrons. The average Bonchev–Trinajstić information content (AvgIpc) is 3.26. The Hall–Kier alpha value is -2.14. The van der Waals surface area contributed by atoms with E-state index in [1.807, 2.05) is 18.2 Å². The number of benzene rings is 1. The Morgan fingerprint density at radius 2 is 2.03 bits per heavy atom.